The highest BCUT2D eigenvalue weighted by Gasteiger charge is 2.39. The number of hydrogen-bond acceptors (Lipinski definition) is 4. The second-order valence-electron chi connectivity index (χ2n) is 5.89. The van der Waals surface area contributed by atoms with Crippen LogP contribution in [0.2, 0.25) is 0 Å². The van der Waals surface area contributed by atoms with E-state index in [4.69, 9.17) is 0 Å². The van der Waals surface area contributed by atoms with Crippen LogP contribution in [0, 0.1) is 0 Å². The molecule has 0 spiro atoms. The monoisotopic (exact) mass is 360 g/mol. The first-order valence-electron chi connectivity index (χ1n) is 8.20. The minimum atomic E-state index is -0.328. The Morgan fingerprint density at radius 1 is 1.00 bits per heavy atom. The number of thiophene rings is 1. The van der Waals surface area contributed by atoms with Gasteiger partial charge in [-0.25, -0.2) is 0 Å². The van der Waals surface area contributed by atoms with Crippen molar-refractivity contribution < 1.29 is 9.59 Å². The van der Waals surface area contributed by atoms with Crippen molar-refractivity contribution in [2.75, 3.05) is 11.9 Å². The number of hydrogen-bond donors (Lipinski definition) is 1. The van der Waals surface area contributed by atoms with E-state index in [1.165, 1.54) is 16.2 Å². The predicted octanol–water partition coefficient (Wildman–Crippen LogP) is 4.28. The van der Waals surface area contributed by atoms with Gasteiger partial charge < -0.3 is 5.32 Å². The Morgan fingerprint density at radius 2 is 1.81 bits per heavy atom. The van der Waals surface area contributed by atoms with Gasteiger partial charge >= 0.3 is 0 Å². The van der Waals surface area contributed by atoms with E-state index in [0.717, 1.165) is 21.3 Å². The molecule has 0 saturated heterocycles. The van der Waals surface area contributed by atoms with E-state index < -0.39 is 0 Å². The molecule has 2 heterocycles. The molecule has 2 aromatic carbocycles. The van der Waals surface area contributed by atoms with Gasteiger partial charge in [0.15, 0.2) is 0 Å². The van der Waals surface area contributed by atoms with Crippen LogP contribution in [-0.2, 0) is 9.59 Å². The van der Waals surface area contributed by atoms with Crippen molar-refractivity contribution in [1.82, 2.24) is 4.90 Å². The average molecular weight is 360 g/mol. The fourth-order valence-electron chi connectivity index (χ4n) is 3.11. The van der Waals surface area contributed by atoms with Crippen molar-refractivity contribution in [2.24, 2.45) is 0 Å². The second kappa shape index (κ2) is 6.61. The van der Waals surface area contributed by atoms with Crippen LogP contribution in [0.25, 0.3) is 16.3 Å². The maximum atomic E-state index is 12.9. The Hall–Kier alpha value is -3.18. The van der Waals surface area contributed by atoms with Crippen LogP contribution >= 0.6 is 11.3 Å². The third-order valence-corrected chi connectivity index (χ3v) is 5.18. The molecule has 128 valence electrons. The van der Waals surface area contributed by atoms with Gasteiger partial charge in [0.05, 0.1) is 5.57 Å². The van der Waals surface area contributed by atoms with Gasteiger partial charge in [-0.3, -0.25) is 14.5 Å². The Labute approximate surface area is 155 Å². The van der Waals surface area contributed by atoms with Gasteiger partial charge in [-0.2, -0.15) is 0 Å². The van der Waals surface area contributed by atoms with Crippen LogP contribution in [-0.4, -0.2) is 23.3 Å². The maximum absolute atomic E-state index is 12.9. The van der Waals surface area contributed by atoms with Crippen LogP contribution in [0.5, 0.6) is 0 Å². The second-order valence-corrected chi connectivity index (χ2v) is 6.84. The molecular formula is C21H16N2O2S. The van der Waals surface area contributed by atoms with E-state index >= 15 is 0 Å². The van der Waals surface area contributed by atoms with E-state index in [1.54, 1.807) is 6.08 Å². The molecule has 1 N–H and O–H groups in total. The molecule has 26 heavy (non-hydrogen) atoms. The molecule has 0 aliphatic carbocycles. The SMILES string of the molecule is C=CCN1C(=O)C(Nc2cccc3ccccc23)=C(c2cccs2)C1=O. The number of nitrogens with one attached hydrogen (secondary N) is 1. The van der Waals surface area contributed by atoms with E-state index in [0.29, 0.717) is 11.3 Å². The fraction of sp³-hybridized carbons (Fsp3) is 0.0476. The zero-order valence-corrected chi connectivity index (χ0v) is 14.8. The molecule has 3 aromatic rings. The van der Waals surface area contributed by atoms with Gasteiger partial charge in [0.2, 0.25) is 0 Å². The lowest BCUT2D eigenvalue weighted by atomic mass is 10.1. The number of carbonyl (C=O) groups is 2. The molecule has 1 aliphatic rings. The first kappa shape index (κ1) is 16.3. The number of nitrogens with zero attached hydrogens (tertiary/aromatic N) is 1. The molecule has 1 aromatic heterocycles. The number of rotatable bonds is 5. The number of imide groups is 1. The largest absolute Gasteiger partial charge is 0.350 e. The highest BCUT2D eigenvalue weighted by molar-refractivity contribution is 7.11. The van der Waals surface area contributed by atoms with E-state index in [2.05, 4.69) is 11.9 Å². The molecule has 0 unspecified atom stereocenters. The Morgan fingerprint density at radius 3 is 2.58 bits per heavy atom. The van der Waals surface area contributed by atoms with Crippen molar-refractivity contribution in [2.45, 2.75) is 0 Å². The molecule has 0 saturated carbocycles. The third kappa shape index (κ3) is 2.62. The van der Waals surface area contributed by atoms with Gasteiger partial charge in [0.1, 0.15) is 5.70 Å². The summed E-state index contributed by atoms with van der Waals surface area (Å²) in [6.45, 7) is 3.84. The first-order valence-corrected chi connectivity index (χ1v) is 9.08. The quantitative estimate of drug-likeness (QED) is 0.546. The van der Waals surface area contributed by atoms with Gasteiger partial charge in [-0.1, -0.05) is 48.5 Å². The Kier molecular flexibility index (Phi) is 4.14. The summed E-state index contributed by atoms with van der Waals surface area (Å²) in [4.78, 5) is 27.7. The first-order chi connectivity index (χ1) is 12.7. The molecule has 0 fully saturated rings. The summed E-state index contributed by atoms with van der Waals surface area (Å²) in [6, 6.07) is 17.5. The number of anilines is 1. The topological polar surface area (TPSA) is 49.4 Å². The zero-order valence-electron chi connectivity index (χ0n) is 13.9. The highest BCUT2D eigenvalue weighted by atomic mass is 32.1. The smallest absolute Gasteiger partial charge is 0.278 e. The minimum absolute atomic E-state index is 0.188. The summed E-state index contributed by atoms with van der Waals surface area (Å²) in [5.74, 6) is -0.619. The molecule has 0 atom stereocenters. The van der Waals surface area contributed by atoms with Crippen molar-refractivity contribution in [1.29, 1.82) is 0 Å². The van der Waals surface area contributed by atoms with E-state index in [1.807, 2.05) is 60.0 Å². The Bertz CT molecular complexity index is 1050. The number of amides is 2. The normalized spacial score (nSPS) is 14.4. The molecule has 0 bridgehead atoms. The van der Waals surface area contributed by atoms with Crippen LogP contribution in [0.1, 0.15) is 4.88 Å². The number of benzene rings is 2. The van der Waals surface area contributed by atoms with Crippen LogP contribution in [0.4, 0.5) is 5.69 Å². The summed E-state index contributed by atoms with van der Waals surface area (Å²) in [6.07, 6.45) is 1.56. The van der Waals surface area contributed by atoms with Crippen LogP contribution in [0.15, 0.2) is 78.3 Å². The average Bonchev–Trinajstić information content (AvgIpc) is 3.25. The summed E-state index contributed by atoms with van der Waals surface area (Å²) in [5.41, 5.74) is 1.53. The van der Waals surface area contributed by atoms with Gasteiger partial charge in [-0.15, -0.1) is 17.9 Å². The molecule has 0 radical (unpaired) electrons. The van der Waals surface area contributed by atoms with E-state index in [-0.39, 0.29) is 18.4 Å². The lowest BCUT2D eigenvalue weighted by molar-refractivity contribution is -0.136. The standard InChI is InChI=1S/C21H16N2O2S/c1-2-12-23-20(24)18(17-11-6-13-26-17)19(21(23)25)22-16-10-5-8-14-7-3-4-9-15(14)16/h2-11,13,22H,1,12H2. The summed E-state index contributed by atoms with van der Waals surface area (Å²) < 4.78 is 0. The highest BCUT2D eigenvalue weighted by Crippen LogP contribution is 2.34. The predicted molar refractivity (Wildman–Crippen MR) is 106 cm³/mol. The van der Waals surface area contributed by atoms with E-state index in [9.17, 15) is 9.59 Å². The van der Waals surface area contributed by atoms with Crippen molar-refractivity contribution in [3.05, 3.63) is 83.2 Å². The van der Waals surface area contributed by atoms with Gasteiger partial charge in [0, 0.05) is 22.5 Å². The van der Waals surface area contributed by atoms with Crippen molar-refractivity contribution >= 4 is 45.2 Å². The minimum Gasteiger partial charge on any atom is -0.350 e. The number of fused-ring (bicyclic) bond motifs is 1. The van der Waals surface area contributed by atoms with Crippen molar-refractivity contribution in [3.63, 3.8) is 0 Å². The lowest BCUT2D eigenvalue weighted by Crippen LogP contribution is -2.32. The van der Waals surface area contributed by atoms with Crippen LogP contribution < -0.4 is 5.32 Å². The molecule has 5 heteroatoms. The van der Waals surface area contributed by atoms with Gasteiger partial charge in [0.25, 0.3) is 11.8 Å². The van der Waals surface area contributed by atoms with Gasteiger partial charge in [-0.05, 0) is 22.9 Å². The fourth-order valence-corrected chi connectivity index (χ4v) is 3.87. The molecule has 2 amide bonds. The molecular weight excluding hydrogens is 344 g/mol. The molecule has 4 nitrogen and oxygen atoms in total. The summed E-state index contributed by atoms with van der Waals surface area (Å²) in [5, 5.41) is 7.19. The van der Waals surface area contributed by atoms with Crippen molar-refractivity contribution in [3.8, 4) is 0 Å². The third-order valence-electron chi connectivity index (χ3n) is 4.30. The maximum Gasteiger partial charge on any atom is 0.278 e. The lowest BCUT2D eigenvalue weighted by Gasteiger charge is -2.13. The summed E-state index contributed by atoms with van der Waals surface area (Å²) >= 11 is 1.44. The van der Waals surface area contributed by atoms with Crippen LogP contribution in [0.3, 0.4) is 0 Å². The molecule has 4 rings (SSSR count). The zero-order chi connectivity index (χ0) is 18.1. The number of carbonyl (C=O) groups excluding carboxylic acids is 2. The molecule has 1 aliphatic heterocycles. The Balaban J connectivity index is 1.84. The summed E-state index contributed by atoms with van der Waals surface area (Å²) in [7, 11) is 0.